The van der Waals surface area contributed by atoms with Crippen LogP contribution in [0.15, 0.2) is 24.5 Å². The van der Waals surface area contributed by atoms with Gasteiger partial charge in [0, 0.05) is 12.1 Å². The van der Waals surface area contributed by atoms with E-state index in [2.05, 4.69) is 10.1 Å². The summed E-state index contributed by atoms with van der Waals surface area (Å²) in [4.78, 5) is 16.4. The molecule has 0 saturated heterocycles. The van der Waals surface area contributed by atoms with E-state index in [4.69, 9.17) is 4.74 Å². The minimum atomic E-state index is -0.298. The van der Waals surface area contributed by atoms with Crippen LogP contribution in [0.1, 0.15) is 47.3 Å². The minimum absolute atomic E-state index is 0.298. The maximum Gasteiger partial charge on any atom is 0.341 e. The highest BCUT2D eigenvalue weighted by atomic mass is 16.5. The number of aromatic nitrogens is 3. The Hall–Kier alpha value is -2.17. The molecular weight excluding hydrogens is 254 g/mol. The zero-order valence-corrected chi connectivity index (χ0v) is 11.7. The maximum atomic E-state index is 12.0. The number of rotatable bonds is 4. The van der Waals surface area contributed by atoms with Crippen LogP contribution >= 0.6 is 0 Å². The lowest BCUT2D eigenvalue weighted by Gasteiger charge is -2.08. The van der Waals surface area contributed by atoms with Gasteiger partial charge in [-0.2, -0.15) is 5.10 Å². The molecule has 2 aromatic heterocycles. The third kappa shape index (κ3) is 2.31. The lowest BCUT2D eigenvalue weighted by atomic mass is 10.2. The van der Waals surface area contributed by atoms with Crippen LogP contribution in [-0.2, 0) is 4.74 Å². The van der Waals surface area contributed by atoms with Gasteiger partial charge in [-0.25, -0.2) is 14.5 Å². The standard InChI is InChI=1S/C15H17N3O2/c1-3-20-15(19)12-9-17-18(14(12)11-4-5-11)13-8-10(2)6-7-16-13/h6-9,11H,3-5H2,1-2H3. The molecule has 1 saturated carbocycles. The average molecular weight is 271 g/mol. The van der Waals surface area contributed by atoms with E-state index < -0.39 is 0 Å². The summed E-state index contributed by atoms with van der Waals surface area (Å²) >= 11 is 0. The Balaban J connectivity index is 2.06. The quantitative estimate of drug-likeness (QED) is 0.802. The van der Waals surface area contributed by atoms with Crippen LogP contribution in [0.25, 0.3) is 5.82 Å². The van der Waals surface area contributed by atoms with Gasteiger partial charge >= 0.3 is 5.97 Å². The minimum Gasteiger partial charge on any atom is -0.462 e. The third-order valence-corrected chi connectivity index (χ3v) is 3.38. The summed E-state index contributed by atoms with van der Waals surface area (Å²) < 4.78 is 6.88. The van der Waals surface area contributed by atoms with Crippen molar-refractivity contribution in [1.29, 1.82) is 0 Å². The summed E-state index contributed by atoms with van der Waals surface area (Å²) in [6.07, 6.45) is 5.52. The van der Waals surface area contributed by atoms with Gasteiger partial charge in [-0.15, -0.1) is 0 Å². The van der Waals surface area contributed by atoms with Crippen molar-refractivity contribution in [3.8, 4) is 5.82 Å². The smallest absolute Gasteiger partial charge is 0.341 e. The Morgan fingerprint density at radius 1 is 1.50 bits per heavy atom. The van der Waals surface area contributed by atoms with Crippen LogP contribution in [0.3, 0.4) is 0 Å². The fourth-order valence-corrected chi connectivity index (χ4v) is 2.29. The first-order chi connectivity index (χ1) is 9.70. The second kappa shape index (κ2) is 5.07. The summed E-state index contributed by atoms with van der Waals surface area (Å²) in [7, 11) is 0. The second-order valence-corrected chi connectivity index (χ2v) is 5.04. The first kappa shape index (κ1) is 12.8. The molecule has 5 heteroatoms. The molecule has 0 amide bonds. The van der Waals surface area contributed by atoms with E-state index in [0.717, 1.165) is 29.9 Å². The Morgan fingerprint density at radius 2 is 2.30 bits per heavy atom. The van der Waals surface area contributed by atoms with E-state index in [0.29, 0.717) is 18.1 Å². The molecule has 0 unspecified atom stereocenters. The Morgan fingerprint density at radius 3 is 2.95 bits per heavy atom. The number of carbonyl (C=O) groups is 1. The summed E-state index contributed by atoms with van der Waals surface area (Å²) in [5.41, 5.74) is 2.61. The Labute approximate surface area is 117 Å². The van der Waals surface area contributed by atoms with Crippen molar-refractivity contribution in [2.45, 2.75) is 32.6 Å². The van der Waals surface area contributed by atoms with Gasteiger partial charge in [0.05, 0.1) is 18.5 Å². The van der Waals surface area contributed by atoms with Gasteiger partial charge in [0.25, 0.3) is 0 Å². The number of pyridine rings is 1. The summed E-state index contributed by atoms with van der Waals surface area (Å²) in [5.74, 6) is 0.843. The van der Waals surface area contributed by atoms with Gasteiger partial charge in [0.2, 0.25) is 0 Å². The molecule has 0 aliphatic heterocycles. The van der Waals surface area contributed by atoms with Crippen LogP contribution in [-0.4, -0.2) is 27.3 Å². The summed E-state index contributed by atoms with van der Waals surface area (Å²) in [6.45, 7) is 4.19. The van der Waals surface area contributed by atoms with E-state index in [1.165, 1.54) is 0 Å². The molecule has 20 heavy (non-hydrogen) atoms. The predicted octanol–water partition coefficient (Wildman–Crippen LogP) is 2.63. The molecule has 5 nitrogen and oxygen atoms in total. The zero-order valence-electron chi connectivity index (χ0n) is 11.7. The number of ether oxygens (including phenoxy) is 1. The highest BCUT2D eigenvalue weighted by Gasteiger charge is 2.33. The van der Waals surface area contributed by atoms with Gasteiger partial charge in [-0.1, -0.05) is 0 Å². The number of carbonyl (C=O) groups excluding carboxylic acids is 1. The van der Waals surface area contributed by atoms with Crippen molar-refractivity contribution >= 4 is 5.97 Å². The fourth-order valence-electron chi connectivity index (χ4n) is 2.29. The number of hydrogen-bond donors (Lipinski definition) is 0. The highest BCUT2D eigenvalue weighted by molar-refractivity contribution is 5.91. The van der Waals surface area contributed by atoms with E-state index in [1.807, 2.05) is 19.1 Å². The predicted molar refractivity (Wildman–Crippen MR) is 74.0 cm³/mol. The highest BCUT2D eigenvalue weighted by Crippen LogP contribution is 2.42. The van der Waals surface area contributed by atoms with Crippen LogP contribution in [0.4, 0.5) is 0 Å². The molecule has 0 bridgehead atoms. The number of esters is 1. The van der Waals surface area contributed by atoms with Crippen molar-refractivity contribution in [1.82, 2.24) is 14.8 Å². The lowest BCUT2D eigenvalue weighted by Crippen LogP contribution is -2.09. The summed E-state index contributed by atoms with van der Waals surface area (Å²) in [6, 6.07) is 3.91. The normalized spacial score (nSPS) is 14.3. The first-order valence-electron chi connectivity index (χ1n) is 6.88. The topological polar surface area (TPSA) is 57.0 Å². The van der Waals surface area contributed by atoms with Gasteiger partial charge in [-0.3, -0.25) is 0 Å². The number of nitrogens with zero attached hydrogens (tertiary/aromatic N) is 3. The maximum absolute atomic E-state index is 12.0. The monoisotopic (exact) mass is 271 g/mol. The van der Waals surface area contributed by atoms with Crippen LogP contribution < -0.4 is 0 Å². The van der Waals surface area contributed by atoms with Gasteiger partial charge in [0.1, 0.15) is 5.56 Å². The van der Waals surface area contributed by atoms with Crippen molar-refractivity contribution in [3.63, 3.8) is 0 Å². The third-order valence-electron chi connectivity index (χ3n) is 3.38. The van der Waals surface area contributed by atoms with Gasteiger partial charge in [-0.05, 0) is 44.4 Å². The lowest BCUT2D eigenvalue weighted by molar-refractivity contribution is 0.0525. The molecule has 0 spiro atoms. The molecule has 0 atom stereocenters. The Bertz CT molecular complexity index is 644. The van der Waals surface area contributed by atoms with Crippen molar-refractivity contribution in [2.75, 3.05) is 6.61 Å². The molecule has 2 aromatic rings. The number of hydrogen-bond acceptors (Lipinski definition) is 4. The largest absolute Gasteiger partial charge is 0.462 e. The second-order valence-electron chi connectivity index (χ2n) is 5.04. The van der Waals surface area contributed by atoms with Crippen LogP contribution in [0.2, 0.25) is 0 Å². The van der Waals surface area contributed by atoms with E-state index in [1.54, 1.807) is 24.0 Å². The molecule has 1 aliphatic carbocycles. The average Bonchev–Trinajstić information content (AvgIpc) is 3.17. The van der Waals surface area contributed by atoms with Crippen molar-refractivity contribution in [2.24, 2.45) is 0 Å². The SMILES string of the molecule is CCOC(=O)c1cnn(-c2cc(C)ccn2)c1C1CC1. The molecule has 0 radical (unpaired) electrons. The molecule has 2 heterocycles. The van der Waals surface area contributed by atoms with Crippen LogP contribution in [0, 0.1) is 6.92 Å². The Kier molecular flexibility index (Phi) is 3.26. The van der Waals surface area contributed by atoms with E-state index in [9.17, 15) is 4.79 Å². The van der Waals surface area contributed by atoms with E-state index in [-0.39, 0.29) is 5.97 Å². The van der Waals surface area contributed by atoms with Gasteiger partial charge in [0.15, 0.2) is 5.82 Å². The molecule has 0 N–H and O–H groups in total. The summed E-state index contributed by atoms with van der Waals surface area (Å²) in [5, 5.41) is 4.35. The van der Waals surface area contributed by atoms with Crippen LogP contribution in [0.5, 0.6) is 0 Å². The molecular formula is C15H17N3O2. The van der Waals surface area contributed by atoms with Crippen molar-refractivity contribution < 1.29 is 9.53 Å². The molecule has 1 aliphatic rings. The van der Waals surface area contributed by atoms with E-state index >= 15 is 0 Å². The van der Waals surface area contributed by atoms with Crippen molar-refractivity contribution in [3.05, 3.63) is 41.3 Å². The zero-order chi connectivity index (χ0) is 14.1. The number of aryl methyl sites for hydroxylation is 1. The molecule has 1 fully saturated rings. The van der Waals surface area contributed by atoms with Gasteiger partial charge < -0.3 is 4.74 Å². The molecule has 0 aromatic carbocycles. The molecule has 104 valence electrons. The molecule has 3 rings (SSSR count). The fraction of sp³-hybridized carbons (Fsp3) is 0.400. The first-order valence-corrected chi connectivity index (χ1v) is 6.88.